The molecule has 0 fully saturated rings. The first-order valence-electron chi connectivity index (χ1n) is 6.80. The van der Waals surface area contributed by atoms with Crippen LogP contribution in [0, 0.1) is 18.3 Å². The van der Waals surface area contributed by atoms with Crippen LogP contribution in [-0.2, 0) is 0 Å². The minimum atomic E-state index is -0.378. The van der Waals surface area contributed by atoms with Crippen LogP contribution >= 0.6 is 11.3 Å². The summed E-state index contributed by atoms with van der Waals surface area (Å²) in [6, 6.07) is 9.82. The molecule has 114 valence electrons. The summed E-state index contributed by atoms with van der Waals surface area (Å²) in [5, 5.41) is 14.4. The maximum Gasteiger partial charge on any atom is 0.281 e. The van der Waals surface area contributed by atoms with Crippen LogP contribution in [0.1, 0.15) is 26.4 Å². The number of nitrogens with one attached hydrogen (secondary N) is 2. The van der Waals surface area contributed by atoms with Crippen molar-refractivity contribution in [1.82, 2.24) is 10.4 Å². The Morgan fingerprint density at radius 3 is 3.00 bits per heavy atom. The smallest absolute Gasteiger partial charge is 0.281 e. The van der Waals surface area contributed by atoms with Crippen molar-refractivity contribution in [3.8, 4) is 6.07 Å². The lowest BCUT2D eigenvalue weighted by Gasteiger charge is -1.97. The summed E-state index contributed by atoms with van der Waals surface area (Å²) in [6.07, 6.45) is 3.40. The number of rotatable bonds is 3. The Morgan fingerprint density at radius 2 is 2.26 bits per heavy atom. The van der Waals surface area contributed by atoms with Gasteiger partial charge >= 0.3 is 0 Å². The van der Waals surface area contributed by atoms with Gasteiger partial charge in [0.05, 0.1) is 11.8 Å². The highest BCUT2D eigenvalue weighted by atomic mass is 32.1. The summed E-state index contributed by atoms with van der Waals surface area (Å²) < 4.78 is 0. The fourth-order valence-corrected chi connectivity index (χ4v) is 3.22. The molecule has 3 rings (SSSR count). The van der Waals surface area contributed by atoms with Crippen molar-refractivity contribution in [2.75, 3.05) is 5.73 Å². The molecule has 2 heterocycles. The van der Waals surface area contributed by atoms with Gasteiger partial charge in [0.2, 0.25) is 0 Å². The quantitative estimate of drug-likeness (QED) is 0.509. The van der Waals surface area contributed by atoms with E-state index in [1.54, 1.807) is 13.1 Å². The van der Waals surface area contributed by atoms with E-state index in [0.717, 1.165) is 27.8 Å². The molecular formula is C16H13N5OS. The van der Waals surface area contributed by atoms with E-state index in [4.69, 9.17) is 11.0 Å². The second-order valence-electron chi connectivity index (χ2n) is 4.90. The van der Waals surface area contributed by atoms with Crippen molar-refractivity contribution in [1.29, 1.82) is 5.26 Å². The summed E-state index contributed by atoms with van der Waals surface area (Å²) in [6.45, 7) is 1.70. The van der Waals surface area contributed by atoms with Gasteiger partial charge in [-0.1, -0.05) is 18.2 Å². The second-order valence-corrected chi connectivity index (χ2v) is 5.95. The average molecular weight is 323 g/mol. The van der Waals surface area contributed by atoms with Gasteiger partial charge in [-0.3, -0.25) is 4.79 Å². The topological polar surface area (TPSA) is 107 Å². The molecule has 1 amide bonds. The standard InChI is InChI=1S/C16H13N5OS/c1-9-12(6-17)15(18)23-14(9)16(22)21-20-8-10-7-19-13-5-3-2-4-11(10)13/h2-5,7-8,19H,18H2,1H3,(H,21,22). The molecule has 6 nitrogen and oxygen atoms in total. The van der Waals surface area contributed by atoms with Gasteiger partial charge in [-0.25, -0.2) is 5.43 Å². The summed E-state index contributed by atoms with van der Waals surface area (Å²) in [7, 11) is 0. The van der Waals surface area contributed by atoms with Gasteiger partial charge in [0.15, 0.2) is 0 Å². The molecular weight excluding hydrogens is 310 g/mol. The van der Waals surface area contributed by atoms with Crippen LogP contribution in [0.3, 0.4) is 0 Å². The Kier molecular flexibility index (Phi) is 3.83. The monoisotopic (exact) mass is 323 g/mol. The molecule has 2 aromatic heterocycles. The lowest BCUT2D eigenvalue weighted by molar-refractivity contribution is 0.0958. The SMILES string of the molecule is Cc1c(C(=O)NN=Cc2c[nH]c3ccccc23)sc(N)c1C#N. The molecule has 0 saturated carbocycles. The fraction of sp³-hybridized carbons (Fsp3) is 0.0625. The summed E-state index contributed by atoms with van der Waals surface area (Å²) >= 11 is 1.09. The van der Waals surface area contributed by atoms with E-state index < -0.39 is 0 Å². The molecule has 0 saturated heterocycles. The first kappa shape index (κ1) is 14.8. The number of hydrogen-bond acceptors (Lipinski definition) is 5. The number of nitrogens with two attached hydrogens (primary N) is 1. The van der Waals surface area contributed by atoms with Crippen molar-refractivity contribution in [3.63, 3.8) is 0 Å². The number of nitrogens with zero attached hydrogens (tertiary/aromatic N) is 2. The highest BCUT2D eigenvalue weighted by molar-refractivity contribution is 7.18. The molecule has 0 radical (unpaired) electrons. The second kappa shape index (κ2) is 5.94. The normalized spacial score (nSPS) is 11.0. The number of nitriles is 1. The average Bonchev–Trinajstić information content (AvgIpc) is 3.08. The third-order valence-electron chi connectivity index (χ3n) is 3.48. The molecule has 3 aromatic rings. The Labute approximate surface area is 136 Å². The van der Waals surface area contributed by atoms with Crippen LogP contribution in [-0.4, -0.2) is 17.1 Å². The number of anilines is 1. The third-order valence-corrected chi connectivity index (χ3v) is 4.60. The van der Waals surface area contributed by atoms with E-state index in [9.17, 15) is 4.79 Å². The Balaban J connectivity index is 1.78. The highest BCUT2D eigenvalue weighted by Gasteiger charge is 2.18. The minimum Gasteiger partial charge on any atom is -0.389 e. The van der Waals surface area contributed by atoms with Gasteiger partial charge in [-0.05, 0) is 18.6 Å². The Bertz CT molecular complexity index is 961. The van der Waals surface area contributed by atoms with E-state index in [1.165, 1.54) is 0 Å². The number of para-hydroxylation sites is 1. The molecule has 4 N–H and O–H groups in total. The number of carbonyl (C=O) groups excluding carboxylic acids is 1. The number of benzene rings is 1. The number of thiophene rings is 1. The van der Waals surface area contributed by atoms with Crippen LogP contribution in [0.4, 0.5) is 5.00 Å². The van der Waals surface area contributed by atoms with Crippen LogP contribution < -0.4 is 11.2 Å². The zero-order valence-corrected chi connectivity index (χ0v) is 13.1. The van der Waals surface area contributed by atoms with Gasteiger partial charge in [0, 0.05) is 22.7 Å². The number of fused-ring (bicyclic) bond motifs is 1. The van der Waals surface area contributed by atoms with E-state index in [-0.39, 0.29) is 5.91 Å². The van der Waals surface area contributed by atoms with Crippen LogP contribution in [0.25, 0.3) is 10.9 Å². The molecule has 0 spiro atoms. The summed E-state index contributed by atoms with van der Waals surface area (Å²) in [5.41, 5.74) is 11.0. The number of amides is 1. The van der Waals surface area contributed by atoms with Crippen molar-refractivity contribution in [2.45, 2.75) is 6.92 Å². The molecule has 1 aromatic carbocycles. The highest BCUT2D eigenvalue weighted by Crippen LogP contribution is 2.29. The number of hydrogen-bond donors (Lipinski definition) is 3. The van der Waals surface area contributed by atoms with Gasteiger partial charge in [-0.2, -0.15) is 10.4 Å². The molecule has 0 atom stereocenters. The molecule has 0 aliphatic rings. The van der Waals surface area contributed by atoms with Crippen LogP contribution in [0.15, 0.2) is 35.6 Å². The van der Waals surface area contributed by atoms with Gasteiger partial charge in [0.1, 0.15) is 15.9 Å². The van der Waals surface area contributed by atoms with Crippen LogP contribution in [0.5, 0.6) is 0 Å². The summed E-state index contributed by atoms with van der Waals surface area (Å²) in [5.74, 6) is -0.378. The lowest BCUT2D eigenvalue weighted by atomic mass is 10.2. The number of hydrazone groups is 1. The predicted molar refractivity (Wildman–Crippen MR) is 91.5 cm³/mol. The van der Waals surface area contributed by atoms with E-state index >= 15 is 0 Å². The maximum atomic E-state index is 12.2. The van der Waals surface area contributed by atoms with Gasteiger partial charge in [0.25, 0.3) is 5.91 Å². The van der Waals surface area contributed by atoms with E-state index in [2.05, 4.69) is 15.5 Å². The molecule has 0 unspecified atom stereocenters. The fourth-order valence-electron chi connectivity index (χ4n) is 2.30. The molecule has 23 heavy (non-hydrogen) atoms. The van der Waals surface area contributed by atoms with Gasteiger partial charge < -0.3 is 10.7 Å². The first-order valence-corrected chi connectivity index (χ1v) is 7.62. The van der Waals surface area contributed by atoms with Gasteiger partial charge in [-0.15, -0.1) is 11.3 Å². The zero-order valence-electron chi connectivity index (χ0n) is 12.3. The van der Waals surface area contributed by atoms with Crippen molar-refractivity contribution in [3.05, 3.63) is 52.0 Å². The largest absolute Gasteiger partial charge is 0.389 e. The lowest BCUT2D eigenvalue weighted by Crippen LogP contribution is -2.17. The molecule has 7 heteroatoms. The van der Waals surface area contributed by atoms with Crippen molar-refractivity contribution < 1.29 is 4.79 Å². The third kappa shape index (κ3) is 2.67. The number of carbonyl (C=O) groups is 1. The summed E-state index contributed by atoms with van der Waals surface area (Å²) in [4.78, 5) is 15.7. The number of aromatic nitrogens is 1. The maximum absolute atomic E-state index is 12.2. The van der Waals surface area contributed by atoms with E-state index in [0.29, 0.717) is 21.0 Å². The predicted octanol–water partition coefficient (Wildman–Crippen LogP) is 2.76. The van der Waals surface area contributed by atoms with Crippen LogP contribution in [0.2, 0.25) is 0 Å². The molecule has 0 aliphatic heterocycles. The number of H-pyrrole nitrogens is 1. The first-order chi connectivity index (χ1) is 11.1. The molecule has 0 aliphatic carbocycles. The number of nitrogen functional groups attached to an aromatic ring is 1. The van der Waals surface area contributed by atoms with Crippen molar-refractivity contribution in [2.24, 2.45) is 5.10 Å². The Morgan fingerprint density at radius 1 is 1.48 bits per heavy atom. The zero-order chi connectivity index (χ0) is 16.4. The minimum absolute atomic E-state index is 0.343. The van der Waals surface area contributed by atoms with E-state index in [1.807, 2.05) is 36.5 Å². The number of aromatic amines is 1. The Hall–Kier alpha value is -3.11. The van der Waals surface area contributed by atoms with Crippen molar-refractivity contribution >= 4 is 39.4 Å². The molecule has 0 bridgehead atoms.